The minimum atomic E-state index is -0.527. The monoisotopic (exact) mass is 282 g/mol. The molecule has 0 radical (unpaired) electrons. The van der Waals surface area contributed by atoms with Crippen molar-refractivity contribution in [3.8, 4) is 17.6 Å². The van der Waals surface area contributed by atoms with Crippen molar-refractivity contribution in [2.24, 2.45) is 0 Å². The normalized spacial score (nSPS) is 11.5. The van der Waals surface area contributed by atoms with Crippen molar-refractivity contribution >= 4 is 15.9 Å². The topological polar surface area (TPSA) is 29.5 Å². The maximum atomic E-state index is 9.57. The van der Waals surface area contributed by atoms with Crippen LogP contribution in [0.25, 0.3) is 0 Å². The highest BCUT2D eigenvalue weighted by Gasteiger charge is 2.09. The molecule has 0 aromatic heterocycles. The summed E-state index contributed by atoms with van der Waals surface area (Å²) < 4.78 is 6.53. The first-order valence-electron chi connectivity index (χ1n) is 5.15. The quantitative estimate of drug-likeness (QED) is 0.678. The van der Waals surface area contributed by atoms with Crippen LogP contribution in [0.4, 0.5) is 0 Å². The number of ether oxygens (including phenoxy) is 1. The first kappa shape index (κ1) is 13.1. The zero-order valence-electron chi connectivity index (χ0n) is 9.46. The Balaban J connectivity index is 2.74. The van der Waals surface area contributed by atoms with E-state index in [1.165, 1.54) is 0 Å². The Labute approximate surface area is 105 Å². The zero-order chi connectivity index (χ0) is 12.0. The van der Waals surface area contributed by atoms with Crippen LogP contribution in [0.1, 0.15) is 31.9 Å². The molecule has 0 aliphatic carbocycles. The number of hydrogen-bond acceptors (Lipinski definition) is 2. The van der Waals surface area contributed by atoms with Gasteiger partial charge in [-0.3, -0.25) is 0 Å². The molecule has 16 heavy (non-hydrogen) atoms. The summed E-state index contributed by atoms with van der Waals surface area (Å²) in [7, 11) is 0. The molecule has 0 fully saturated rings. The van der Waals surface area contributed by atoms with Crippen molar-refractivity contribution in [2.75, 3.05) is 6.61 Å². The summed E-state index contributed by atoms with van der Waals surface area (Å²) in [4.78, 5) is 0. The summed E-state index contributed by atoms with van der Waals surface area (Å²) >= 11 is 3.38. The molecule has 2 nitrogen and oxygen atoms in total. The highest BCUT2D eigenvalue weighted by molar-refractivity contribution is 9.10. The SMILES string of the molecule is CC#CCCOc1cc(Br)ccc1[C@@H](C)O. The highest BCUT2D eigenvalue weighted by atomic mass is 79.9. The van der Waals surface area contributed by atoms with Gasteiger partial charge in [0.05, 0.1) is 12.7 Å². The van der Waals surface area contributed by atoms with Gasteiger partial charge in [0.1, 0.15) is 5.75 Å². The molecule has 0 bridgehead atoms. The molecule has 0 aliphatic rings. The highest BCUT2D eigenvalue weighted by Crippen LogP contribution is 2.28. The van der Waals surface area contributed by atoms with E-state index in [4.69, 9.17) is 4.74 Å². The number of aliphatic hydroxyl groups is 1. The van der Waals surface area contributed by atoms with Crippen molar-refractivity contribution in [3.05, 3.63) is 28.2 Å². The van der Waals surface area contributed by atoms with E-state index in [-0.39, 0.29) is 0 Å². The van der Waals surface area contributed by atoms with E-state index < -0.39 is 6.10 Å². The van der Waals surface area contributed by atoms with Gasteiger partial charge in [-0.05, 0) is 26.0 Å². The Morgan fingerprint density at radius 1 is 1.50 bits per heavy atom. The predicted molar refractivity (Wildman–Crippen MR) is 68.3 cm³/mol. The molecule has 1 aromatic rings. The van der Waals surface area contributed by atoms with Crippen LogP contribution in [0.2, 0.25) is 0 Å². The van der Waals surface area contributed by atoms with E-state index in [0.29, 0.717) is 18.8 Å². The van der Waals surface area contributed by atoms with Gasteiger partial charge in [-0.2, -0.15) is 0 Å². The third-order valence-electron chi connectivity index (χ3n) is 2.09. The second kappa shape index (κ2) is 6.57. The third kappa shape index (κ3) is 3.88. The lowest BCUT2D eigenvalue weighted by molar-refractivity contribution is 0.191. The fourth-order valence-electron chi connectivity index (χ4n) is 1.32. The lowest BCUT2D eigenvalue weighted by Crippen LogP contribution is -2.01. The lowest BCUT2D eigenvalue weighted by Gasteiger charge is -2.13. The maximum absolute atomic E-state index is 9.57. The Morgan fingerprint density at radius 2 is 2.25 bits per heavy atom. The molecule has 0 spiro atoms. The number of aliphatic hydroxyl groups excluding tert-OH is 1. The van der Waals surface area contributed by atoms with Gasteiger partial charge in [0.25, 0.3) is 0 Å². The summed E-state index contributed by atoms with van der Waals surface area (Å²) in [6, 6.07) is 5.61. The van der Waals surface area contributed by atoms with E-state index in [0.717, 1.165) is 10.0 Å². The fourth-order valence-corrected chi connectivity index (χ4v) is 1.66. The molecule has 1 atom stereocenters. The van der Waals surface area contributed by atoms with E-state index in [2.05, 4.69) is 27.8 Å². The number of halogens is 1. The van der Waals surface area contributed by atoms with Crippen LogP contribution in [0.3, 0.4) is 0 Å². The van der Waals surface area contributed by atoms with Crippen molar-refractivity contribution < 1.29 is 9.84 Å². The molecule has 3 heteroatoms. The van der Waals surface area contributed by atoms with Crippen LogP contribution in [0, 0.1) is 11.8 Å². The largest absolute Gasteiger partial charge is 0.492 e. The van der Waals surface area contributed by atoms with E-state index in [1.54, 1.807) is 13.8 Å². The van der Waals surface area contributed by atoms with Crippen molar-refractivity contribution in [1.82, 2.24) is 0 Å². The molecule has 1 N–H and O–H groups in total. The molecular weight excluding hydrogens is 268 g/mol. The first-order chi connectivity index (χ1) is 7.65. The summed E-state index contributed by atoms with van der Waals surface area (Å²) in [6.07, 6.45) is 0.169. The minimum absolute atomic E-state index is 0.527. The molecule has 1 aromatic carbocycles. The Bertz CT molecular complexity index is 402. The third-order valence-corrected chi connectivity index (χ3v) is 2.58. The van der Waals surface area contributed by atoms with Gasteiger partial charge in [-0.15, -0.1) is 11.8 Å². The molecule has 0 unspecified atom stereocenters. The molecule has 0 aliphatic heterocycles. The van der Waals surface area contributed by atoms with Gasteiger partial charge in [0, 0.05) is 16.5 Å². The minimum Gasteiger partial charge on any atom is -0.492 e. The van der Waals surface area contributed by atoms with Crippen molar-refractivity contribution in [2.45, 2.75) is 26.4 Å². The van der Waals surface area contributed by atoms with Gasteiger partial charge in [-0.25, -0.2) is 0 Å². The first-order valence-corrected chi connectivity index (χ1v) is 5.94. The second-order valence-corrected chi connectivity index (χ2v) is 4.30. The van der Waals surface area contributed by atoms with E-state index in [9.17, 15) is 5.11 Å². The van der Waals surface area contributed by atoms with Crippen LogP contribution >= 0.6 is 15.9 Å². The Morgan fingerprint density at radius 3 is 2.88 bits per heavy atom. The second-order valence-electron chi connectivity index (χ2n) is 3.38. The Kier molecular flexibility index (Phi) is 5.37. The zero-order valence-corrected chi connectivity index (χ0v) is 11.0. The van der Waals surface area contributed by atoms with Gasteiger partial charge in [-0.1, -0.05) is 22.0 Å². The van der Waals surface area contributed by atoms with Gasteiger partial charge in [0.2, 0.25) is 0 Å². The number of benzene rings is 1. The number of rotatable bonds is 4. The van der Waals surface area contributed by atoms with E-state index >= 15 is 0 Å². The van der Waals surface area contributed by atoms with Crippen molar-refractivity contribution in [3.63, 3.8) is 0 Å². The van der Waals surface area contributed by atoms with Crippen molar-refractivity contribution in [1.29, 1.82) is 0 Å². The molecular formula is C13H15BrO2. The summed E-state index contributed by atoms with van der Waals surface area (Å²) in [5.74, 6) is 6.46. The molecule has 0 saturated carbocycles. The molecule has 0 saturated heterocycles. The van der Waals surface area contributed by atoms with Crippen LogP contribution in [-0.2, 0) is 0 Å². The number of hydrogen-bond donors (Lipinski definition) is 1. The predicted octanol–water partition coefficient (Wildman–Crippen LogP) is 3.29. The molecule has 86 valence electrons. The van der Waals surface area contributed by atoms with Crippen LogP contribution in [0.5, 0.6) is 5.75 Å². The van der Waals surface area contributed by atoms with Gasteiger partial charge in [0.15, 0.2) is 0 Å². The van der Waals surface area contributed by atoms with E-state index in [1.807, 2.05) is 18.2 Å². The smallest absolute Gasteiger partial charge is 0.126 e. The van der Waals surface area contributed by atoms with Gasteiger partial charge < -0.3 is 9.84 Å². The Hall–Kier alpha value is -0.980. The molecule has 0 amide bonds. The summed E-state index contributed by atoms with van der Waals surface area (Å²) in [6.45, 7) is 4.07. The molecule has 0 heterocycles. The fraction of sp³-hybridized carbons (Fsp3) is 0.385. The van der Waals surface area contributed by atoms with Gasteiger partial charge >= 0.3 is 0 Å². The standard InChI is InChI=1S/C13H15BrO2/c1-3-4-5-8-16-13-9-11(14)6-7-12(13)10(2)15/h6-7,9-10,15H,5,8H2,1-2H3/t10-/m1/s1. The van der Waals surface area contributed by atoms with Crippen LogP contribution in [0.15, 0.2) is 22.7 Å². The maximum Gasteiger partial charge on any atom is 0.126 e. The summed E-state index contributed by atoms with van der Waals surface area (Å²) in [5.41, 5.74) is 0.799. The van der Waals surface area contributed by atoms with Crippen LogP contribution < -0.4 is 4.74 Å². The average Bonchev–Trinajstić information content (AvgIpc) is 2.24. The lowest BCUT2D eigenvalue weighted by atomic mass is 10.1. The summed E-state index contributed by atoms with van der Waals surface area (Å²) in [5, 5.41) is 9.57. The van der Waals surface area contributed by atoms with Crippen LogP contribution in [-0.4, -0.2) is 11.7 Å². The average molecular weight is 283 g/mol. The molecule has 1 rings (SSSR count).